The Kier molecular flexibility index (Phi) is 4.89. The van der Waals surface area contributed by atoms with E-state index in [0.29, 0.717) is 18.4 Å². The van der Waals surface area contributed by atoms with E-state index in [1.165, 1.54) is 36.0 Å². The van der Waals surface area contributed by atoms with Crippen LogP contribution >= 0.6 is 0 Å². The Morgan fingerprint density at radius 3 is 2.82 bits per heavy atom. The van der Waals surface area contributed by atoms with Crippen LogP contribution in [0, 0.1) is 23.7 Å². The Hall–Kier alpha value is -0.860. The molecule has 1 aliphatic heterocycles. The Morgan fingerprint density at radius 1 is 1.23 bits per heavy atom. The van der Waals surface area contributed by atoms with E-state index in [1.54, 1.807) is 0 Å². The highest BCUT2D eigenvalue weighted by molar-refractivity contribution is 5.21. The van der Waals surface area contributed by atoms with E-state index in [1.807, 2.05) is 0 Å². The number of fused-ring (bicyclic) bond motifs is 3. The summed E-state index contributed by atoms with van der Waals surface area (Å²) in [6.07, 6.45) is 12.5. The van der Waals surface area contributed by atoms with Crippen LogP contribution in [0.25, 0.3) is 0 Å². The van der Waals surface area contributed by atoms with Gasteiger partial charge in [-0.15, -0.1) is 0 Å². The number of allylic oxidation sites excluding steroid dienone is 5. The van der Waals surface area contributed by atoms with Gasteiger partial charge < -0.3 is 9.84 Å². The molecule has 0 spiro atoms. The van der Waals surface area contributed by atoms with Gasteiger partial charge in [0.25, 0.3) is 0 Å². The van der Waals surface area contributed by atoms with E-state index in [2.05, 4.69) is 39.0 Å². The summed E-state index contributed by atoms with van der Waals surface area (Å²) in [5.41, 5.74) is 4.27. The predicted molar refractivity (Wildman–Crippen MR) is 90.3 cm³/mol. The molecular formula is C20H30O2. The smallest absolute Gasteiger partial charge is 0.161 e. The molecule has 0 aromatic rings. The van der Waals surface area contributed by atoms with Gasteiger partial charge in [0, 0.05) is 5.92 Å². The van der Waals surface area contributed by atoms with Crippen molar-refractivity contribution in [2.75, 3.05) is 6.61 Å². The molecule has 0 aromatic carbocycles. The van der Waals surface area contributed by atoms with Crippen molar-refractivity contribution >= 4 is 0 Å². The SMILES string of the molecule is CC(C)=CC/C=C(/C)[C@H]1CC[C@@H]2CCC=C3CO[C@@H](O)[C@@H]3[C@H]21. The molecule has 2 nitrogen and oxygen atoms in total. The Balaban J connectivity index is 1.81. The van der Waals surface area contributed by atoms with E-state index in [9.17, 15) is 5.11 Å². The molecule has 1 heterocycles. The van der Waals surface area contributed by atoms with Crippen molar-refractivity contribution in [3.05, 3.63) is 34.9 Å². The average Bonchev–Trinajstić information content (AvgIpc) is 2.97. The lowest BCUT2D eigenvalue weighted by atomic mass is 9.74. The largest absolute Gasteiger partial charge is 0.367 e. The van der Waals surface area contributed by atoms with Gasteiger partial charge in [-0.1, -0.05) is 29.4 Å². The number of ether oxygens (including phenoxy) is 1. The predicted octanol–water partition coefficient (Wildman–Crippen LogP) is 4.62. The van der Waals surface area contributed by atoms with Crippen LogP contribution in [-0.4, -0.2) is 18.0 Å². The third kappa shape index (κ3) is 3.09. The van der Waals surface area contributed by atoms with Crippen molar-refractivity contribution in [2.45, 2.75) is 59.2 Å². The number of aliphatic hydroxyl groups excluding tert-OH is 1. The molecule has 2 heteroatoms. The summed E-state index contributed by atoms with van der Waals surface area (Å²) in [6, 6.07) is 0. The highest BCUT2D eigenvalue weighted by Gasteiger charge is 2.48. The summed E-state index contributed by atoms with van der Waals surface area (Å²) in [5, 5.41) is 10.4. The van der Waals surface area contributed by atoms with Gasteiger partial charge in [0.05, 0.1) is 6.61 Å². The summed E-state index contributed by atoms with van der Waals surface area (Å²) >= 11 is 0. The first-order chi connectivity index (χ1) is 10.6. The normalized spacial score (nSPS) is 38.1. The molecule has 1 N–H and O–H groups in total. The third-order valence-electron chi connectivity index (χ3n) is 5.92. The van der Waals surface area contributed by atoms with Gasteiger partial charge in [0.2, 0.25) is 0 Å². The molecule has 1 saturated heterocycles. The molecule has 0 aromatic heterocycles. The van der Waals surface area contributed by atoms with Crippen LogP contribution in [0.5, 0.6) is 0 Å². The summed E-state index contributed by atoms with van der Waals surface area (Å²) in [6.45, 7) is 7.25. The van der Waals surface area contributed by atoms with Gasteiger partial charge in [-0.2, -0.15) is 0 Å². The summed E-state index contributed by atoms with van der Waals surface area (Å²) in [4.78, 5) is 0. The number of hydrogen-bond acceptors (Lipinski definition) is 2. The highest BCUT2D eigenvalue weighted by atomic mass is 16.6. The molecule has 2 fully saturated rings. The first kappa shape index (κ1) is 16.0. The maximum atomic E-state index is 10.4. The van der Waals surface area contributed by atoms with Crippen LogP contribution in [0.2, 0.25) is 0 Å². The van der Waals surface area contributed by atoms with Crippen molar-refractivity contribution in [1.29, 1.82) is 0 Å². The second kappa shape index (κ2) is 6.72. The standard InChI is InChI=1S/C20H30O2/c1-13(2)6-4-7-14(3)17-11-10-15-8-5-9-16-12-22-20(21)19(16)18(15)17/h6-7,9,15,17-21H,4-5,8,10-12H2,1-3H3/b14-7-/t15-,17+,18+,19-,20+/m0/s1. The zero-order valence-electron chi connectivity index (χ0n) is 14.2. The van der Waals surface area contributed by atoms with Crippen LogP contribution in [0.15, 0.2) is 34.9 Å². The zero-order chi connectivity index (χ0) is 15.7. The van der Waals surface area contributed by atoms with Crippen molar-refractivity contribution in [3.63, 3.8) is 0 Å². The summed E-state index contributed by atoms with van der Waals surface area (Å²) in [7, 11) is 0. The van der Waals surface area contributed by atoms with Crippen molar-refractivity contribution in [2.24, 2.45) is 23.7 Å². The van der Waals surface area contributed by atoms with E-state index >= 15 is 0 Å². The zero-order valence-corrected chi connectivity index (χ0v) is 14.2. The van der Waals surface area contributed by atoms with Gasteiger partial charge in [-0.05, 0) is 76.2 Å². The second-order valence-corrected chi connectivity index (χ2v) is 7.57. The van der Waals surface area contributed by atoms with Crippen molar-refractivity contribution < 1.29 is 9.84 Å². The summed E-state index contributed by atoms with van der Waals surface area (Å²) in [5.74, 6) is 2.20. The average molecular weight is 302 g/mol. The van der Waals surface area contributed by atoms with Gasteiger partial charge in [-0.3, -0.25) is 0 Å². The van der Waals surface area contributed by atoms with Crippen molar-refractivity contribution in [3.8, 4) is 0 Å². The minimum atomic E-state index is -0.581. The minimum Gasteiger partial charge on any atom is -0.367 e. The highest BCUT2D eigenvalue weighted by Crippen LogP contribution is 2.52. The topological polar surface area (TPSA) is 29.5 Å². The van der Waals surface area contributed by atoms with Gasteiger partial charge in [-0.25, -0.2) is 0 Å². The quantitative estimate of drug-likeness (QED) is 0.771. The minimum absolute atomic E-state index is 0.242. The number of rotatable bonds is 3. The van der Waals surface area contributed by atoms with Crippen LogP contribution in [-0.2, 0) is 4.74 Å². The Morgan fingerprint density at radius 2 is 2.05 bits per heavy atom. The lowest BCUT2D eigenvalue weighted by molar-refractivity contribution is -0.0981. The van der Waals surface area contributed by atoms with Crippen LogP contribution in [0.3, 0.4) is 0 Å². The first-order valence-electron chi connectivity index (χ1n) is 8.86. The second-order valence-electron chi connectivity index (χ2n) is 7.57. The number of aliphatic hydroxyl groups is 1. The fourth-order valence-corrected chi connectivity index (χ4v) is 4.83. The lowest BCUT2D eigenvalue weighted by Crippen LogP contribution is -2.31. The Labute approximate surface area is 134 Å². The molecule has 0 bridgehead atoms. The van der Waals surface area contributed by atoms with Gasteiger partial charge >= 0.3 is 0 Å². The van der Waals surface area contributed by atoms with E-state index in [4.69, 9.17) is 4.74 Å². The maximum absolute atomic E-state index is 10.4. The molecule has 0 radical (unpaired) electrons. The lowest BCUT2D eigenvalue weighted by Gasteiger charge is -2.31. The van der Waals surface area contributed by atoms with E-state index < -0.39 is 6.29 Å². The van der Waals surface area contributed by atoms with Crippen LogP contribution in [0.4, 0.5) is 0 Å². The van der Waals surface area contributed by atoms with Crippen LogP contribution in [0.1, 0.15) is 52.9 Å². The molecular weight excluding hydrogens is 272 g/mol. The fourth-order valence-electron chi connectivity index (χ4n) is 4.83. The summed E-state index contributed by atoms with van der Waals surface area (Å²) < 4.78 is 5.56. The van der Waals surface area contributed by atoms with E-state index in [0.717, 1.165) is 18.8 Å². The van der Waals surface area contributed by atoms with Gasteiger partial charge in [0.15, 0.2) is 6.29 Å². The van der Waals surface area contributed by atoms with Crippen LogP contribution < -0.4 is 0 Å². The maximum Gasteiger partial charge on any atom is 0.161 e. The molecule has 2 aliphatic carbocycles. The molecule has 122 valence electrons. The van der Waals surface area contributed by atoms with E-state index in [-0.39, 0.29) is 5.92 Å². The molecule has 22 heavy (non-hydrogen) atoms. The third-order valence-corrected chi connectivity index (χ3v) is 5.92. The van der Waals surface area contributed by atoms with Gasteiger partial charge in [0.1, 0.15) is 0 Å². The molecule has 0 amide bonds. The fraction of sp³-hybridized carbons (Fsp3) is 0.700. The molecule has 3 rings (SSSR count). The molecule has 0 unspecified atom stereocenters. The van der Waals surface area contributed by atoms with Crippen molar-refractivity contribution in [1.82, 2.24) is 0 Å². The first-order valence-corrected chi connectivity index (χ1v) is 8.86. The number of hydrogen-bond donors (Lipinski definition) is 1. The Bertz CT molecular complexity index is 496. The monoisotopic (exact) mass is 302 g/mol. The molecule has 1 saturated carbocycles. The molecule has 3 aliphatic rings. The molecule has 5 atom stereocenters.